The first kappa shape index (κ1) is 24.3. The fourth-order valence-electron chi connectivity index (χ4n) is 3.55. The molecule has 0 radical (unpaired) electrons. The van der Waals surface area contributed by atoms with E-state index in [1.807, 2.05) is 0 Å². The lowest BCUT2D eigenvalue weighted by Crippen LogP contribution is -2.38. The number of hydrogen-bond donors (Lipinski definition) is 4. The zero-order valence-corrected chi connectivity index (χ0v) is 18.7. The summed E-state index contributed by atoms with van der Waals surface area (Å²) in [6.07, 6.45) is 10.1. The molecule has 1 fully saturated rings. The number of hydrogen-bond acceptors (Lipinski definition) is 9. The first-order chi connectivity index (χ1) is 14.8. The second kappa shape index (κ2) is 12.0. The molecule has 9 nitrogen and oxygen atoms in total. The summed E-state index contributed by atoms with van der Waals surface area (Å²) in [5.41, 5.74) is 14.6. The third-order valence-corrected chi connectivity index (χ3v) is 5.31. The van der Waals surface area contributed by atoms with Gasteiger partial charge in [-0.3, -0.25) is 0 Å². The molecule has 170 valence electrons. The van der Waals surface area contributed by atoms with Gasteiger partial charge in [0, 0.05) is 18.9 Å². The van der Waals surface area contributed by atoms with Crippen LogP contribution in [0.5, 0.6) is 5.75 Å². The summed E-state index contributed by atoms with van der Waals surface area (Å²) >= 11 is 0. The molecule has 2 rings (SSSR count). The summed E-state index contributed by atoms with van der Waals surface area (Å²) in [5, 5.41) is 12.4. The Bertz CT molecular complexity index is 821. The van der Waals surface area contributed by atoms with Crippen LogP contribution in [0.3, 0.4) is 0 Å². The minimum atomic E-state index is 0.128. The van der Waals surface area contributed by atoms with Crippen LogP contribution in [0.25, 0.3) is 5.70 Å². The first-order valence-corrected chi connectivity index (χ1v) is 10.9. The van der Waals surface area contributed by atoms with Gasteiger partial charge in [0.25, 0.3) is 0 Å². The van der Waals surface area contributed by atoms with Crippen LogP contribution < -0.4 is 27.9 Å². The summed E-state index contributed by atoms with van der Waals surface area (Å²) in [6, 6.07) is 5.60. The fraction of sp³-hybridized carbons (Fsp3) is 0.545. The van der Waals surface area contributed by atoms with Crippen molar-refractivity contribution in [2.24, 2.45) is 23.2 Å². The molecule has 9 heteroatoms. The van der Waals surface area contributed by atoms with Gasteiger partial charge in [0.1, 0.15) is 6.07 Å². The van der Waals surface area contributed by atoms with E-state index in [4.69, 9.17) is 27.9 Å². The van der Waals surface area contributed by atoms with Crippen LogP contribution >= 0.6 is 0 Å². The fourth-order valence-corrected chi connectivity index (χ4v) is 3.55. The van der Waals surface area contributed by atoms with E-state index in [1.54, 1.807) is 25.4 Å². The Labute approximate surface area is 185 Å². The van der Waals surface area contributed by atoms with Crippen LogP contribution in [0, 0.1) is 11.3 Å². The highest BCUT2D eigenvalue weighted by atomic mass is 16.5. The molecule has 1 saturated carbocycles. The zero-order valence-electron chi connectivity index (χ0n) is 18.7. The van der Waals surface area contributed by atoms with Crippen LogP contribution in [0.15, 0.2) is 29.7 Å². The maximum atomic E-state index is 9.58. The van der Waals surface area contributed by atoms with Crippen molar-refractivity contribution in [3.05, 3.63) is 41.1 Å². The van der Waals surface area contributed by atoms with Crippen molar-refractivity contribution < 1.29 is 4.74 Å². The number of rotatable bonds is 10. The van der Waals surface area contributed by atoms with Gasteiger partial charge >= 0.3 is 0 Å². The standard InChI is InChI=1S/C22H36N8O/c1-3-4-8-16(24)14-30(27)15-20(29(2)26)22(25)18-11-12-21(19(13-23)28-18)31-17-9-6-5-7-10-17/h11-12,14,17H,3-10,15,24-27H2,1-2H3/b16-14-,22-20-. The van der Waals surface area contributed by atoms with Crippen molar-refractivity contribution in [3.8, 4) is 11.8 Å². The van der Waals surface area contributed by atoms with Crippen LogP contribution in [0.2, 0.25) is 0 Å². The highest BCUT2D eigenvalue weighted by Gasteiger charge is 2.19. The topological polar surface area (TPSA) is 156 Å². The van der Waals surface area contributed by atoms with Gasteiger partial charge < -0.3 is 26.2 Å². The van der Waals surface area contributed by atoms with Crippen LogP contribution in [-0.4, -0.2) is 34.7 Å². The van der Waals surface area contributed by atoms with E-state index in [0.29, 0.717) is 28.5 Å². The third kappa shape index (κ3) is 7.35. The van der Waals surface area contributed by atoms with E-state index in [2.05, 4.69) is 18.0 Å². The van der Waals surface area contributed by atoms with Gasteiger partial charge in [-0.05, 0) is 50.7 Å². The predicted molar refractivity (Wildman–Crippen MR) is 122 cm³/mol. The molecule has 8 N–H and O–H groups in total. The highest BCUT2D eigenvalue weighted by Crippen LogP contribution is 2.26. The minimum absolute atomic E-state index is 0.128. The molecule has 1 aromatic rings. The van der Waals surface area contributed by atoms with Crippen molar-refractivity contribution in [1.82, 2.24) is 15.0 Å². The molecule has 0 aromatic carbocycles. The number of nitrogens with zero attached hydrogens (tertiary/aromatic N) is 4. The van der Waals surface area contributed by atoms with E-state index in [0.717, 1.165) is 44.9 Å². The molecule has 0 spiro atoms. The molecule has 1 aliphatic carbocycles. The summed E-state index contributed by atoms with van der Waals surface area (Å²) in [6.45, 7) is 2.34. The van der Waals surface area contributed by atoms with Crippen molar-refractivity contribution in [3.63, 3.8) is 0 Å². The van der Waals surface area contributed by atoms with Crippen LogP contribution in [0.1, 0.15) is 69.7 Å². The SMILES string of the molecule is CCCC/C(N)=C/N(N)C/C(=C(/N)c1ccc(OC2CCCCC2)c(C#N)n1)N(C)N. The average Bonchev–Trinajstić information content (AvgIpc) is 2.76. The normalized spacial score (nSPS) is 15.8. The third-order valence-electron chi connectivity index (χ3n) is 5.31. The summed E-state index contributed by atoms with van der Waals surface area (Å²) in [7, 11) is 1.67. The molecular weight excluding hydrogens is 392 g/mol. The number of hydrazine groups is 2. The Morgan fingerprint density at radius 3 is 2.58 bits per heavy atom. The summed E-state index contributed by atoms with van der Waals surface area (Å²) in [4.78, 5) is 4.42. The number of likely N-dealkylation sites (N-methyl/N-ethyl adjacent to an activating group) is 1. The number of allylic oxidation sites excluding steroid dienone is 1. The maximum Gasteiger partial charge on any atom is 0.183 e. The van der Waals surface area contributed by atoms with Gasteiger partial charge in [0.2, 0.25) is 0 Å². The number of aromatic nitrogens is 1. The van der Waals surface area contributed by atoms with E-state index >= 15 is 0 Å². The maximum absolute atomic E-state index is 9.58. The first-order valence-electron chi connectivity index (χ1n) is 10.9. The summed E-state index contributed by atoms with van der Waals surface area (Å²) in [5.74, 6) is 12.6. The van der Waals surface area contributed by atoms with Gasteiger partial charge in [0.15, 0.2) is 11.4 Å². The Morgan fingerprint density at radius 2 is 1.97 bits per heavy atom. The number of nitriles is 1. The second-order valence-corrected chi connectivity index (χ2v) is 7.98. The monoisotopic (exact) mass is 428 g/mol. The molecule has 0 aliphatic heterocycles. The molecular formula is C22H36N8O. The van der Waals surface area contributed by atoms with Gasteiger partial charge in [-0.25, -0.2) is 16.7 Å². The number of unbranched alkanes of at least 4 members (excludes halogenated alkanes) is 1. The molecule has 0 bridgehead atoms. The molecule has 0 unspecified atom stereocenters. The smallest absolute Gasteiger partial charge is 0.183 e. The quantitative estimate of drug-likeness (QED) is 0.324. The molecule has 0 amide bonds. The van der Waals surface area contributed by atoms with Gasteiger partial charge in [0.05, 0.1) is 29.7 Å². The minimum Gasteiger partial charge on any atom is -0.487 e. The highest BCUT2D eigenvalue weighted by molar-refractivity contribution is 5.64. The molecule has 0 atom stereocenters. The van der Waals surface area contributed by atoms with E-state index in [-0.39, 0.29) is 18.3 Å². The van der Waals surface area contributed by atoms with E-state index in [1.165, 1.54) is 16.4 Å². The van der Waals surface area contributed by atoms with Crippen molar-refractivity contribution in [1.29, 1.82) is 5.26 Å². The zero-order chi connectivity index (χ0) is 22.8. The predicted octanol–water partition coefficient (Wildman–Crippen LogP) is 2.26. The number of ether oxygens (including phenoxy) is 1. The molecule has 1 heterocycles. The second-order valence-electron chi connectivity index (χ2n) is 7.98. The lowest BCUT2D eigenvalue weighted by Gasteiger charge is -2.25. The van der Waals surface area contributed by atoms with E-state index < -0.39 is 0 Å². The lowest BCUT2D eigenvalue weighted by atomic mass is 9.98. The van der Waals surface area contributed by atoms with Gasteiger partial charge in [-0.2, -0.15) is 5.26 Å². The van der Waals surface area contributed by atoms with Crippen LogP contribution in [0.4, 0.5) is 0 Å². The van der Waals surface area contributed by atoms with Gasteiger partial charge in [-0.1, -0.05) is 19.8 Å². The largest absolute Gasteiger partial charge is 0.487 e. The van der Waals surface area contributed by atoms with E-state index in [9.17, 15) is 5.26 Å². The Kier molecular flexibility index (Phi) is 9.43. The Morgan fingerprint density at radius 1 is 1.26 bits per heavy atom. The number of pyridine rings is 1. The Hall–Kier alpha value is -2.96. The van der Waals surface area contributed by atoms with Crippen molar-refractivity contribution in [2.75, 3.05) is 13.6 Å². The lowest BCUT2D eigenvalue weighted by molar-refractivity contribution is 0.154. The molecule has 0 saturated heterocycles. The Balaban J connectivity index is 2.22. The number of nitrogens with two attached hydrogens (primary N) is 4. The molecule has 1 aliphatic rings. The van der Waals surface area contributed by atoms with Crippen molar-refractivity contribution >= 4 is 5.70 Å². The summed E-state index contributed by atoms with van der Waals surface area (Å²) < 4.78 is 6.03. The van der Waals surface area contributed by atoms with Crippen LogP contribution in [-0.2, 0) is 0 Å². The average molecular weight is 429 g/mol. The molecule has 1 aromatic heterocycles. The molecule has 31 heavy (non-hydrogen) atoms. The van der Waals surface area contributed by atoms with Gasteiger partial charge in [-0.15, -0.1) is 0 Å². The van der Waals surface area contributed by atoms with Crippen molar-refractivity contribution in [2.45, 2.75) is 64.4 Å².